The molecule has 104 valence electrons. The molecular weight excluding hydrogens is 290 g/mol. The van der Waals surface area contributed by atoms with Crippen LogP contribution >= 0.6 is 15.9 Å². The van der Waals surface area contributed by atoms with Gasteiger partial charge in [-0.3, -0.25) is 9.58 Å². The summed E-state index contributed by atoms with van der Waals surface area (Å²) in [5, 5.41) is 4.47. The van der Waals surface area contributed by atoms with Crippen LogP contribution in [0.5, 0.6) is 0 Å². The molecule has 0 N–H and O–H groups in total. The third kappa shape index (κ3) is 4.39. The largest absolute Gasteiger partial charge is 0.297 e. The van der Waals surface area contributed by atoms with Gasteiger partial charge in [-0.2, -0.15) is 5.10 Å². The van der Waals surface area contributed by atoms with E-state index >= 15 is 0 Å². The van der Waals surface area contributed by atoms with E-state index in [1.54, 1.807) is 0 Å². The second kappa shape index (κ2) is 7.95. The van der Waals surface area contributed by atoms with E-state index in [4.69, 9.17) is 0 Å². The van der Waals surface area contributed by atoms with Crippen LogP contribution in [0.15, 0.2) is 4.47 Å². The second-order valence-corrected chi connectivity index (χ2v) is 5.75. The first-order valence-corrected chi connectivity index (χ1v) is 7.79. The maximum atomic E-state index is 4.47. The second-order valence-electron chi connectivity index (χ2n) is 4.95. The van der Waals surface area contributed by atoms with Crippen molar-refractivity contribution in [3.05, 3.63) is 15.9 Å². The Morgan fingerprint density at radius 3 is 2.11 bits per heavy atom. The van der Waals surface area contributed by atoms with Gasteiger partial charge in [-0.15, -0.1) is 0 Å². The van der Waals surface area contributed by atoms with Crippen LogP contribution in [0.3, 0.4) is 0 Å². The van der Waals surface area contributed by atoms with Gasteiger partial charge in [-0.25, -0.2) is 0 Å². The molecule has 0 spiro atoms. The average Bonchev–Trinajstić information content (AvgIpc) is 2.58. The third-order valence-corrected chi connectivity index (χ3v) is 4.32. The molecule has 1 aromatic heterocycles. The molecule has 18 heavy (non-hydrogen) atoms. The van der Waals surface area contributed by atoms with Crippen LogP contribution in [0.25, 0.3) is 0 Å². The maximum absolute atomic E-state index is 4.47. The number of halogens is 1. The third-order valence-electron chi connectivity index (χ3n) is 3.29. The van der Waals surface area contributed by atoms with Gasteiger partial charge in [-0.1, -0.05) is 26.7 Å². The summed E-state index contributed by atoms with van der Waals surface area (Å²) in [5.74, 6) is 0. The van der Waals surface area contributed by atoms with Crippen molar-refractivity contribution in [2.75, 3.05) is 13.1 Å². The highest BCUT2D eigenvalue weighted by molar-refractivity contribution is 9.10. The summed E-state index contributed by atoms with van der Waals surface area (Å²) in [4.78, 5) is 2.55. The van der Waals surface area contributed by atoms with Gasteiger partial charge >= 0.3 is 0 Å². The lowest BCUT2D eigenvalue weighted by Crippen LogP contribution is -2.26. The van der Waals surface area contributed by atoms with E-state index < -0.39 is 0 Å². The molecule has 0 fully saturated rings. The lowest BCUT2D eigenvalue weighted by Gasteiger charge is -2.22. The summed E-state index contributed by atoms with van der Waals surface area (Å²) in [6, 6.07) is 0. The summed E-state index contributed by atoms with van der Waals surface area (Å²) in [6.07, 6.45) is 5.07. The minimum Gasteiger partial charge on any atom is -0.297 e. The molecule has 0 atom stereocenters. The van der Waals surface area contributed by atoms with E-state index in [1.807, 2.05) is 11.7 Å². The van der Waals surface area contributed by atoms with Crippen LogP contribution in [0.1, 0.15) is 50.9 Å². The molecule has 0 bridgehead atoms. The molecule has 0 saturated carbocycles. The first kappa shape index (κ1) is 15.7. The zero-order valence-electron chi connectivity index (χ0n) is 12.2. The van der Waals surface area contributed by atoms with Crippen molar-refractivity contribution in [1.82, 2.24) is 14.7 Å². The Labute approximate surface area is 120 Å². The van der Waals surface area contributed by atoms with Gasteiger partial charge in [-0.05, 0) is 48.8 Å². The van der Waals surface area contributed by atoms with E-state index in [9.17, 15) is 0 Å². The Bertz CT molecular complexity index is 352. The van der Waals surface area contributed by atoms with E-state index in [0.717, 1.165) is 12.2 Å². The Morgan fingerprint density at radius 2 is 1.72 bits per heavy atom. The zero-order chi connectivity index (χ0) is 13.5. The molecule has 0 radical (unpaired) electrons. The van der Waals surface area contributed by atoms with Crippen LogP contribution in [-0.2, 0) is 13.6 Å². The molecule has 1 aromatic rings. The van der Waals surface area contributed by atoms with E-state index in [-0.39, 0.29) is 0 Å². The molecule has 0 aliphatic rings. The summed E-state index contributed by atoms with van der Waals surface area (Å²) in [5.41, 5.74) is 2.37. The summed E-state index contributed by atoms with van der Waals surface area (Å²) in [6.45, 7) is 9.93. The number of nitrogens with zero attached hydrogens (tertiary/aromatic N) is 3. The first-order chi connectivity index (χ1) is 8.60. The maximum Gasteiger partial charge on any atom is 0.0739 e. The van der Waals surface area contributed by atoms with Crippen LogP contribution in [0, 0.1) is 6.92 Å². The number of rotatable bonds is 8. The van der Waals surface area contributed by atoms with Crippen LogP contribution in [-0.4, -0.2) is 27.8 Å². The highest BCUT2D eigenvalue weighted by Gasteiger charge is 2.14. The van der Waals surface area contributed by atoms with Crippen molar-refractivity contribution in [2.24, 2.45) is 7.05 Å². The standard InChI is InChI=1S/C14H26BrN3/c1-5-7-9-18(10-8-6-2)11-13-14(15)12(3)16-17(13)4/h5-11H2,1-4H3. The van der Waals surface area contributed by atoms with Crippen molar-refractivity contribution in [3.8, 4) is 0 Å². The molecule has 0 aliphatic heterocycles. The number of hydrogen-bond donors (Lipinski definition) is 0. The summed E-state index contributed by atoms with van der Waals surface area (Å²) >= 11 is 3.66. The topological polar surface area (TPSA) is 21.1 Å². The average molecular weight is 316 g/mol. The van der Waals surface area contributed by atoms with Gasteiger partial charge in [0.1, 0.15) is 0 Å². The number of unbranched alkanes of at least 4 members (excludes halogenated alkanes) is 2. The lowest BCUT2D eigenvalue weighted by molar-refractivity contribution is 0.250. The monoisotopic (exact) mass is 315 g/mol. The van der Waals surface area contributed by atoms with Crippen molar-refractivity contribution >= 4 is 15.9 Å². The lowest BCUT2D eigenvalue weighted by atomic mass is 10.2. The number of aryl methyl sites for hydroxylation is 2. The van der Waals surface area contributed by atoms with Crippen molar-refractivity contribution in [1.29, 1.82) is 0 Å². The van der Waals surface area contributed by atoms with E-state index in [1.165, 1.54) is 48.9 Å². The van der Waals surface area contributed by atoms with Gasteiger partial charge < -0.3 is 0 Å². The Balaban J connectivity index is 2.68. The van der Waals surface area contributed by atoms with Crippen LogP contribution < -0.4 is 0 Å². The highest BCUT2D eigenvalue weighted by atomic mass is 79.9. The zero-order valence-corrected chi connectivity index (χ0v) is 13.8. The van der Waals surface area contributed by atoms with E-state index in [2.05, 4.69) is 46.7 Å². The number of aromatic nitrogens is 2. The van der Waals surface area contributed by atoms with Crippen molar-refractivity contribution < 1.29 is 0 Å². The van der Waals surface area contributed by atoms with E-state index in [0.29, 0.717) is 0 Å². The summed E-state index contributed by atoms with van der Waals surface area (Å²) in [7, 11) is 2.03. The number of hydrogen-bond acceptors (Lipinski definition) is 2. The van der Waals surface area contributed by atoms with Gasteiger partial charge in [0.15, 0.2) is 0 Å². The predicted molar refractivity (Wildman–Crippen MR) is 80.7 cm³/mol. The van der Waals surface area contributed by atoms with Gasteiger partial charge in [0.2, 0.25) is 0 Å². The molecule has 0 saturated heterocycles. The molecule has 1 rings (SSSR count). The van der Waals surface area contributed by atoms with Gasteiger partial charge in [0.25, 0.3) is 0 Å². The van der Waals surface area contributed by atoms with Gasteiger partial charge in [0, 0.05) is 13.6 Å². The Hall–Kier alpha value is -0.350. The summed E-state index contributed by atoms with van der Waals surface area (Å²) < 4.78 is 3.17. The fourth-order valence-electron chi connectivity index (χ4n) is 2.10. The van der Waals surface area contributed by atoms with Gasteiger partial charge in [0.05, 0.1) is 15.9 Å². The normalized spacial score (nSPS) is 11.4. The molecule has 4 heteroatoms. The highest BCUT2D eigenvalue weighted by Crippen LogP contribution is 2.22. The van der Waals surface area contributed by atoms with Crippen molar-refractivity contribution in [3.63, 3.8) is 0 Å². The smallest absolute Gasteiger partial charge is 0.0739 e. The Morgan fingerprint density at radius 1 is 1.17 bits per heavy atom. The first-order valence-electron chi connectivity index (χ1n) is 7.00. The molecule has 0 unspecified atom stereocenters. The molecule has 0 amide bonds. The molecular formula is C14H26BrN3. The minimum absolute atomic E-state index is 0.998. The molecule has 1 heterocycles. The van der Waals surface area contributed by atoms with Crippen LogP contribution in [0.2, 0.25) is 0 Å². The van der Waals surface area contributed by atoms with Crippen molar-refractivity contribution in [2.45, 2.75) is 53.0 Å². The Kier molecular flexibility index (Phi) is 6.94. The minimum atomic E-state index is 0.998. The fraction of sp³-hybridized carbons (Fsp3) is 0.786. The van der Waals surface area contributed by atoms with Crippen LogP contribution in [0.4, 0.5) is 0 Å². The molecule has 0 aliphatic carbocycles. The molecule has 0 aromatic carbocycles. The quantitative estimate of drug-likeness (QED) is 0.725. The molecule has 3 nitrogen and oxygen atoms in total. The SMILES string of the molecule is CCCCN(CCCC)Cc1c(Br)c(C)nn1C. The fourth-order valence-corrected chi connectivity index (χ4v) is 2.56. The predicted octanol–water partition coefficient (Wildman–Crippen LogP) is 3.89.